The third-order valence-corrected chi connectivity index (χ3v) is 6.90. The first-order valence-corrected chi connectivity index (χ1v) is 14.0. The smallest absolute Gasteiger partial charge is 0.356 e. The summed E-state index contributed by atoms with van der Waals surface area (Å²) in [6, 6.07) is -0.321. The molecule has 4 atom stereocenters. The van der Waals surface area contributed by atoms with Crippen LogP contribution in [0.4, 0.5) is 13.6 Å². The zero-order valence-corrected chi connectivity index (χ0v) is 24.7. The van der Waals surface area contributed by atoms with E-state index < -0.39 is 59.4 Å². The van der Waals surface area contributed by atoms with Gasteiger partial charge >= 0.3 is 18.0 Å². The van der Waals surface area contributed by atoms with Crippen LogP contribution in [0.1, 0.15) is 65.4 Å². The highest BCUT2D eigenvalue weighted by atomic mass is 19.1. The van der Waals surface area contributed by atoms with E-state index in [1.807, 2.05) is 0 Å². The Labute approximate surface area is 244 Å². The Hall–Kier alpha value is -3.90. The molecule has 1 saturated heterocycles. The fraction of sp³-hybridized carbons (Fsp3) is 0.586. The fourth-order valence-electron chi connectivity index (χ4n) is 4.74. The van der Waals surface area contributed by atoms with Crippen molar-refractivity contribution in [2.45, 2.75) is 84.4 Å². The van der Waals surface area contributed by atoms with Crippen LogP contribution >= 0.6 is 0 Å². The molecule has 0 aromatic heterocycles. The van der Waals surface area contributed by atoms with E-state index in [0.29, 0.717) is 44.3 Å². The van der Waals surface area contributed by atoms with Crippen molar-refractivity contribution < 1.29 is 42.2 Å². The van der Waals surface area contributed by atoms with E-state index in [9.17, 15) is 32.8 Å². The van der Waals surface area contributed by atoms with Gasteiger partial charge in [0.2, 0.25) is 5.91 Å². The predicted octanol–water partition coefficient (Wildman–Crippen LogP) is 3.08. The Morgan fingerprint density at radius 3 is 2.36 bits per heavy atom. The van der Waals surface area contributed by atoms with Crippen LogP contribution in [0.2, 0.25) is 0 Å². The maximum atomic E-state index is 13.9. The molecule has 1 heterocycles. The van der Waals surface area contributed by atoms with Crippen molar-refractivity contribution in [1.82, 2.24) is 15.5 Å². The summed E-state index contributed by atoms with van der Waals surface area (Å²) in [5.74, 6) is -4.58. The van der Waals surface area contributed by atoms with Gasteiger partial charge in [-0.3, -0.25) is 9.59 Å². The lowest BCUT2D eigenvalue weighted by Crippen LogP contribution is -2.48. The number of amides is 4. The number of rotatable bonds is 13. The zero-order chi connectivity index (χ0) is 31.4. The quantitative estimate of drug-likeness (QED) is 0.264. The van der Waals surface area contributed by atoms with E-state index in [4.69, 9.17) is 9.47 Å². The van der Waals surface area contributed by atoms with Crippen LogP contribution in [-0.4, -0.2) is 78.8 Å². The van der Waals surface area contributed by atoms with Gasteiger partial charge in [0.15, 0.2) is 5.71 Å². The normalized spacial score (nSPS) is 17.2. The van der Waals surface area contributed by atoms with Gasteiger partial charge in [-0.25, -0.2) is 28.2 Å². The average molecular weight is 595 g/mol. The van der Waals surface area contributed by atoms with Crippen LogP contribution in [0.15, 0.2) is 23.2 Å². The van der Waals surface area contributed by atoms with Crippen molar-refractivity contribution in [3.8, 4) is 0 Å². The first-order valence-electron chi connectivity index (χ1n) is 14.0. The van der Waals surface area contributed by atoms with Crippen LogP contribution < -0.4 is 10.6 Å². The maximum Gasteiger partial charge on any atom is 0.356 e. The number of ether oxygens (including phenoxy) is 2. The number of esters is 2. The van der Waals surface area contributed by atoms with Crippen LogP contribution in [-0.2, 0) is 35.1 Å². The summed E-state index contributed by atoms with van der Waals surface area (Å²) < 4.78 is 37.8. The number of carbonyl (C=O) groups is 5. The number of urea groups is 1. The van der Waals surface area contributed by atoms with Gasteiger partial charge in [-0.05, 0) is 49.8 Å². The predicted molar refractivity (Wildman–Crippen MR) is 149 cm³/mol. The van der Waals surface area contributed by atoms with Gasteiger partial charge in [-0.15, -0.1) is 0 Å². The first-order chi connectivity index (χ1) is 19.9. The number of likely N-dealkylation sites (tertiary alicyclic amines) is 1. The van der Waals surface area contributed by atoms with E-state index in [2.05, 4.69) is 29.5 Å². The number of methoxy groups -OCH3 is 1. The molecule has 11 nitrogen and oxygen atoms in total. The third-order valence-electron chi connectivity index (χ3n) is 6.90. The molecule has 0 spiro atoms. The molecule has 0 aliphatic carbocycles. The Balaban J connectivity index is 2.27. The molecular weight excluding hydrogens is 554 g/mol. The second-order valence-electron chi connectivity index (χ2n) is 10.4. The van der Waals surface area contributed by atoms with E-state index in [1.54, 1.807) is 0 Å². The van der Waals surface area contributed by atoms with Crippen LogP contribution in [0.25, 0.3) is 0 Å². The lowest BCUT2D eigenvalue weighted by atomic mass is 10.0. The van der Waals surface area contributed by atoms with Gasteiger partial charge in [0.1, 0.15) is 29.8 Å². The van der Waals surface area contributed by atoms with Crippen molar-refractivity contribution in [1.29, 1.82) is 0 Å². The Bertz CT molecular complexity index is 1160. The number of hydrogen-bond acceptors (Lipinski definition) is 7. The highest BCUT2D eigenvalue weighted by molar-refractivity contribution is 6.40. The van der Waals surface area contributed by atoms with Crippen molar-refractivity contribution in [3.63, 3.8) is 0 Å². The highest BCUT2D eigenvalue weighted by Crippen LogP contribution is 2.20. The lowest BCUT2D eigenvalue weighted by molar-refractivity contribution is -0.154. The lowest BCUT2D eigenvalue weighted by Gasteiger charge is -2.24. The zero-order valence-electron chi connectivity index (χ0n) is 24.7. The van der Waals surface area contributed by atoms with Crippen molar-refractivity contribution in [3.05, 3.63) is 35.4 Å². The monoisotopic (exact) mass is 594 g/mol. The van der Waals surface area contributed by atoms with Gasteiger partial charge in [-0.2, -0.15) is 0 Å². The van der Waals surface area contributed by atoms with E-state index >= 15 is 0 Å². The molecule has 2 N–H and O–H groups in total. The Kier molecular flexibility index (Phi) is 13.5. The third kappa shape index (κ3) is 10.5. The summed E-state index contributed by atoms with van der Waals surface area (Å²) in [6.45, 7) is 7.45. The number of halogens is 2. The van der Waals surface area contributed by atoms with Crippen molar-refractivity contribution in [2.24, 2.45) is 10.9 Å². The summed E-state index contributed by atoms with van der Waals surface area (Å²) in [5.41, 5.74) is -0.503. The molecule has 3 unspecified atom stereocenters. The number of nitrogens with one attached hydrogen (secondary N) is 2. The molecule has 0 saturated carbocycles. The minimum Gasteiger partial charge on any atom is -0.464 e. The summed E-state index contributed by atoms with van der Waals surface area (Å²) in [6.07, 6.45) is 1.94. The van der Waals surface area contributed by atoms with E-state index in [1.165, 1.54) is 18.7 Å². The van der Waals surface area contributed by atoms with Gasteiger partial charge in [0.25, 0.3) is 5.91 Å². The molecule has 232 valence electrons. The molecule has 1 aliphatic heterocycles. The molecule has 42 heavy (non-hydrogen) atoms. The average Bonchev–Trinajstić information content (AvgIpc) is 3.41. The van der Waals surface area contributed by atoms with Crippen LogP contribution in [0, 0.1) is 17.6 Å². The molecule has 1 aromatic carbocycles. The molecule has 0 bridgehead atoms. The molecule has 1 aromatic rings. The topological polar surface area (TPSA) is 143 Å². The molecule has 13 heteroatoms. The van der Waals surface area contributed by atoms with Crippen molar-refractivity contribution in [2.75, 3.05) is 20.2 Å². The number of hydrogen-bond donors (Lipinski definition) is 2. The SMILES string of the molecule is CCCC(C)CCNC(=O)NC(Cc1cc(F)cc(F)c1)C(=O)N=C(C(=O)OC)[C@H](C)OC(=O)C1CCCN1C(C)=O. The first kappa shape index (κ1) is 34.3. The molecule has 1 fully saturated rings. The van der Waals surface area contributed by atoms with Crippen LogP contribution in [0.3, 0.4) is 0 Å². The second kappa shape index (κ2) is 16.5. The summed E-state index contributed by atoms with van der Waals surface area (Å²) in [5, 5.41) is 5.11. The summed E-state index contributed by atoms with van der Waals surface area (Å²) >= 11 is 0. The second-order valence-corrected chi connectivity index (χ2v) is 10.4. The number of aliphatic imine (C=N–C) groups is 1. The van der Waals surface area contributed by atoms with Crippen LogP contribution in [0.5, 0.6) is 0 Å². The minimum absolute atomic E-state index is 0.0579. The number of benzene rings is 1. The molecule has 2 rings (SSSR count). The van der Waals surface area contributed by atoms with Gasteiger partial charge in [-0.1, -0.05) is 26.7 Å². The van der Waals surface area contributed by atoms with Gasteiger partial charge in [0.05, 0.1) is 7.11 Å². The largest absolute Gasteiger partial charge is 0.464 e. The molecule has 0 radical (unpaired) electrons. The highest BCUT2D eigenvalue weighted by Gasteiger charge is 2.36. The molecule has 1 aliphatic rings. The molecule has 4 amide bonds. The summed E-state index contributed by atoms with van der Waals surface area (Å²) in [4.78, 5) is 68.4. The van der Waals surface area contributed by atoms with E-state index in [0.717, 1.165) is 32.1 Å². The molecular formula is C29H40F2N4O7. The van der Waals surface area contributed by atoms with Gasteiger partial charge in [0, 0.05) is 32.5 Å². The number of nitrogens with zero attached hydrogens (tertiary/aromatic N) is 2. The van der Waals surface area contributed by atoms with Gasteiger partial charge < -0.3 is 25.0 Å². The Morgan fingerprint density at radius 2 is 1.76 bits per heavy atom. The van der Waals surface area contributed by atoms with E-state index in [-0.39, 0.29) is 17.9 Å². The minimum atomic E-state index is -1.44. The maximum absolute atomic E-state index is 13.9. The fourth-order valence-corrected chi connectivity index (χ4v) is 4.74. The van der Waals surface area contributed by atoms with Crippen molar-refractivity contribution >= 4 is 35.5 Å². The number of carbonyl (C=O) groups excluding carboxylic acids is 5. The summed E-state index contributed by atoms with van der Waals surface area (Å²) in [7, 11) is 1.05. The standard InChI is InChI=1S/C29H40F2N4O7/c1-6-8-17(2)10-11-32-29(40)33-23(15-20-13-21(30)16-22(31)14-20)26(37)34-25(28(39)41-5)18(3)42-27(38)24-9-7-12-35(24)19(4)36/h13-14,16-18,23-24H,6-12,15H2,1-5H3,(H2,32,33,40)/t17?,18-,23?,24?/m0/s1. The Morgan fingerprint density at radius 1 is 1.10 bits per heavy atom.